The summed E-state index contributed by atoms with van der Waals surface area (Å²) in [5, 5.41) is 2.17. The number of carbonyl (C=O) groups excluding carboxylic acids is 2. The molecule has 1 aromatic carbocycles. The fraction of sp³-hybridized carbons (Fsp3) is 0.429. The molecule has 0 aromatic heterocycles. The van der Waals surface area contributed by atoms with Crippen molar-refractivity contribution in [3.8, 4) is 11.5 Å². The van der Waals surface area contributed by atoms with Gasteiger partial charge < -0.3 is 19.1 Å². The molecule has 0 radical (unpaired) electrons. The normalized spacial score (nSPS) is 15.2. The molecule has 1 aromatic rings. The molecule has 7 nitrogen and oxygen atoms in total. The Balaban J connectivity index is 1.95. The van der Waals surface area contributed by atoms with E-state index in [4.69, 9.17) is 9.47 Å². The first-order valence-corrected chi connectivity index (χ1v) is 6.61. The van der Waals surface area contributed by atoms with Gasteiger partial charge in [-0.05, 0) is 25.1 Å². The molecule has 0 bridgehead atoms. The SMILES string of the molecule is COC(=O)NC(=O)[C@@H](C)[NH+](C)Cc1ccc2c(c1)OCO2. The Bertz CT molecular complexity index is 546. The highest BCUT2D eigenvalue weighted by Gasteiger charge is 2.24. The van der Waals surface area contributed by atoms with Gasteiger partial charge in [0, 0.05) is 5.56 Å². The van der Waals surface area contributed by atoms with Crippen molar-refractivity contribution in [1.82, 2.24) is 5.32 Å². The van der Waals surface area contributed by atoms with E-state index >= 15 is 0 Å². The first kappa shape index (κ1) is 15.1. The van der Waals surface area contributed by atoms with Crippen molar-refractivity contribution < 1.29 is 28.7 Å². The fourth-order valence-corrected chi connectivity index (χ4v) is 2.01. The van der Waals surface area contributed by atoms with Gasteiger partial charge in [-0.3, -0.25) is 10.1 Å². The Hall–Kier alpha value is -2.28. The molecule has 2 rings (SSSR count). The molecule has 7 heteroatoms. The maximum Gasteiger partial charge on any atom is 0.413 e. The second-order valence-electron chi connectivity index (χ2n) is 4.91. The van der Waals surface area contributed by atoms with Crippen molar-refractivity contribution in [3.05, 3.63) is 23.8 Å². The lowest BCUT2D eigenvalue weighted by Crippen LogP contribution is -3.12. The van der Waals surface area contributed by atoms with Crippen LogP contribution in [0.3, 0.4) is 0 Å². The van der Waals surface area contributed by atoms with Crippen LogP contribution < -0.4 is 19.7 Å². The minimum atomic E-state index is -0.747. The second kappa shape index (κ2) is 6.45. The van der Waals surface area contributed by atoms with Gasteiger partial charge in [0.25, 0.3) is 5.91 Å². The number of nitrogens with one attached hydrogen (secondary N) is 2. The largest absolute Gasteiger partial charge is 0.454 e. The highest BCUT2D eigenvalue weighted by molar-refractivity contribution is 5.93. The molecule has 2 N–H and O–H groups in total. The first-order chi connectivity index (χ1) is 10.0. The lowest BCUT2D eigenvalue weighted by molar-refractivity contribution is -0.908. The second-order valence-corrected chi connectivity index (χ2v) is 4.91. The molecule has 1 heterocycles. The van der Waals surface area contributed by atoms with Crippen LogP contribution in [0.1, 0.15) is 12.5 Å². The van der Waals surface area contributed by atoms with Gasteiger partial charge in [-0.15, -0.1) is 0 Å². The fourth-order valence-electron chi connectivity index (χ4n) is 2.01. The molecule has 0 fully saturated rings. The average molecular weight is 295 g/mol. The van der Waals surface area contributed by atoms with E-state index in [1.165, 1.54) is 7.11 Å². The third-order valence-electron chi connectivity index (χ3n) is 3.46. The van der Waals surface area contributed by atoms with Gasteiger partial charge in [0.2, 0.25) is 6.79 Å². The van der Waals surface area contributed by atoms with Crippen LogP contribution in [0.25, 0.3) is 0 Å². The molecule has 0 saturated carbocycles. The van der Waals surface area contributed by atoms with Crippen molar-refractivity contribution in [2.24, 2.45) is 0 Å². The summed E-state index contributed by atoms with van der Waals surface area (Å²) in [6.07, 6.45) is -0.747. The Morgan fingerprint density at radius 1 is 1.38 bits per heavy atom. The van der Waals surface area contributed by atoms with Crippen molar-refractivity contribution >= 4 is 12.0 Å². The maximum atomic E-state index is 11.9. The van der Waals surface area contributed by atoms with Crippen LogP contribution in [0.5, 0.6) is 11.5 Å². The summed E-state index contributed by atoms with van der Waals surface area (Å²) >= 11 is 0. The van der Waals surface area contributed by atoms with E-state index in [1.54, 1.807) is 6.92 Å². The van der Waals surface area contributed by atoms with Crippen LogP contribution >= 0.6 is 0 Å². The summed E-state index contributed by atoms with van der Waals surface area (Å²) in [5.41, 5.74) is 1.02. The van der Waals surface area contributed by atoms with E-state index in [0.29, 0.717) is 12.3 Å². The Morgan fingerprint density at radius 2 is 2.10 bits per heavy atom. The van der Waals surface area contributed by atoms with Crippen molar-refractivity contribution in [1.29, 1.82) is 0 Å². The van der Waals surface area contributed by atoms with Gasteiger partial charge in [-0.1, -0.05) is 0 Å². The quantitative estimate of drug-likeness (QED) is 0.797. The first-order valence-electron chi connectivity index (χ1n) is 6.61. The highest BCUT2D eigenvalue weighted by Crippen LogP contribution is 2.32. The molecule has 1 aliphatic heterocycles. The number of hydrogen-bond donors (Lipinski definition) is 2. The lowest BCUT2D eigenvalue weighted by Gasteiger charge is -2.20. The molecular weight excluding hydrogens is 276 g/mol. The van der Waals surface area contributed by atoms with Crippen LogP contribution in [0.2, 0.25) is 0 Å². The number of alkyl carbamates (subject to hydrolysis) is 1. The van der Waals surface area contributed by atoms with Crippen LogP contribution in [0, 0.1) is 0 Å². The van der Waals surface area contributed by atoms with Gasteiger partial charge in [0.15, 0.2) is 17.5 Å². The Kier molecular flexibility index (Phi) is 4.64. The molecule has 2 amide bonds. The molecule has 0 spiro atoms. The van der Waals surface area contributed by atoms with E-state index < -0.39 is 12.1 Å². The number of ether oxygens (including phenoxy) is 3. The number of carbonyl (C=O) groups is 2. The zero-order valence-electron chi connectivity index (χ0n) is 12.3. The maximum absolute atomic E-state index is 11.9. The Labute approximate surface area is 122 Å². The minimum absolute atomic E-state index is 0.236. The number of benzene rings is 1. The summed E-state index contributed by atoms with van der Waals surface area (Å²) in [4.78, 5) is 23.8. The van der Waals surface area contributed by atoms with Gasteiger partial charge in [0.05, 0.1) is 14.2 Å². The third-order valence-corrected chi connectivity index (χ3v) is 3.46. The topological polar surface area (TPSA) is 78.3 Å². The van der Waals surface area contributed by atoms with E-state index in [0.717, 1.165) is 16.2 Å². The number of fused-ring (bicyclic) bond motifs is 1. The number of hydrogen-bond acceptors (Lipinski definition) is 5. The van der Waals surface area contributed by atoms with Crippen molar-refractivity contribution in [2.45, 2.75) is 19.5 Å². The summed E-state index contributed by atoms with van der Waals surface area (Å²) in [7, 11) is 3.10. The zero-order chi connectivity index (χ0) is 15.4. The number of likely N-dealkylation sites (N-methyl/N-ethyl adjacent to an activating group) is 1. The van der Waals surface area contributed by atoms with Crippen LogP contribution in [0.4, 0.5) is 4.79 Å². The number of rotatable bonds is 4. The number of amides is 2. The van der Waals surface area contributed by atoms with E-state index in [-0.39, 0.29) is 12.7 Å². The van der Waals surface area contributed by atoms with Gasteiger partial charge in [-0.25, -0.2) is 4.79 Å². The summed E-state index contributed by atoms with van der Waals surface area (Å²) in [6, 6.07) is 5.29. The molecule has 1 unspecified atom stereocenters. The predicted molar refractivity (Wildman–Crippen MR) is 73.2 cm³/mol. The molecule has 2 atom stereocenters. The van der Waals surface area contributed by atoms with E-state index in [9.17, 15) is 9.59 Å². The van der Waals surface area contributed by atoms with Gasteiger partial charge in [0.1, 0.15) is 6.54 Å². The van der Waals surface area contributed by atoms with Crippen molar-refractivity contribution in [2.75, 3.05) is 21.0 Å². The van der Waals surface area contributed by atoms with Gasteiger partial charge in [-0.2, -0.15) is 0 Å². The molecule has 1 aliphatic rings. The standard InChI is InChI=1S/C14H18N2O5/c1-9(13(17)15-14(18)19-3)16(2)7-10-4-5-11-12(6-10)21-8-20-11/h4-6,9H,7-8H2,1-3H3,(H,15,17,18)/p+1/t9-/m1/s1. The number of quaternary nitrogens is 1. The summed E-state index contributed by atoms with van der Waals surface area (Å²) in [6.45, 7) is 2.60. The molecular formula is C14H19N2O5+. The van der Waals surface area contributed by atoms with Crippen LogP contribution in [0.15, 0.2) is 18.2 Å². The number of imide groups is 1. The molecule has 114 valence electrons. The monoisotopic (exact) mass is 295 g/mol. The lowest BCUT2D eigenvalue weighted by atomic mass is 10.1. The van der Waals surface area contributed by atoms with Crippen LogP contribution in [-0.2, 0) is 16.1 Å². The zero-order valence-corrected chi connectivity index (χ0v) is 12.3. The molecule has 0 saturated heterocycles. The van der Waals surface area contributed by atoms with E-state index in [1.807, 2.05) is 25.2 Å². The average Bonchev–Trinajstić information content (AvgIpc) is 2.93. The van der Waals surface area contributed by atoms with Gasteiger partial charge >= 0.3 is 6.09 Å². The Morgan fingerprint density at radius 3 is 2.81 bits per heavy atom. The number of methoxy groups -OCH3 is 1. The summed E-state index contributed by atoms with van der Waals surface area (Å²) in [5.74, 6) is 1.07. The predicted octanol–water partition coefficient (Wildman–Crippen LogP) is -0.299. The smallest absolute Gasteiger partial charge is 0.413 e. The van der Waals surface area contributed by atoms with Crippen molar-refractivity contribution in [3.63, 3.8) is 0 Å². The highest BCUT2D eigenvalue weighted by atomic mass is 16.7. The summed E-state index contributed by atoms with van der Waals surface area (Å²) < 4.78 is 15.0. The molecule has 21 heavy (non-hydrogen) atoms. The molecule has 0 aliphatic carbocycles. The third kappa shape index (κ3) is 3.63. The van der Waals surface area contributed by atoms with E-state index in [2.05, 4.69) is 10.1 Å². The minimum Gasteiger partial charge on any atom is -0.454 e. The van der Waals surface area contributed by atoms with Crippen LogP contribution in [-0.4, -0.2) is 39.0 Å².